The van der Waals surface area contributed by atoms with Crippen molar-refractivity contribution in [2.45, 2.75) is 20.1 Å². The van der Waals surface area contributed by atoms with E-state index in [0.29, 0.717) is 18.0 Å². The van der Waals surface area contributed by atoms with Crippen LogP contribution in [0.2, 0.25) is 0 Å². The Morgan fingerprint density at radius 2 is 1.53 bits per heavy atom. The Morgan fingerprint density at radius 3 is 2.27 bits per heavy atom. The van der Waals surface area contributed by atoms with E-state index >= 15 is 0 Å². The standard InChI is InChI=1S/C26H23NO2S/c1-20-10-8-9-15-24(20)29-18-22-16-25(30-19-22)26(28)27(23-13-6-3-7-14-23)17-21-11-4-2-5-12-21/h2-16,19H,17-18H2,1H3. The zero-order chi connectivity index (χ0) is 20.8. The van der Waals surface area contributed by atoms with Gasteiger partial charge in [-0.25, -0.2) is 0 Å². The van der Waals surface area contributed by atoms with Crippen LogP contribution in [0, 0.1) is 6.92 Å². The third-order valence-corrected chi connectivity index (χ3v) is 5.82. The molecule has 0 fully saturated rings. The normalized spacial score (nSPS) is 10.6. The molecule has 0 unspecified atom stereocenters. The first-order valence-corrected chi connectivity index (χ1v) is 10.8. The summed E-state index contributed by atoms with van der Waals surface area (Å²) in [5.41, 5.74) is 4.08. The molecule has 0 aliphatic rings. The highest BCUT2D eigenvalue weighted by molar-refractivity contribution is 7.12. The minimum atomic E-state index is -0.00260. The van der Waals surface area contributed by atoms with Gasteiger partial charge in [-0.15, -0.1) is 11.3 Å². The van der Waals surface area contributed by atoms with Crippen LogP contribution in [0.3, 0.4) is 0 Å². The summed E-state index contributed by atoms with van der Waals surface area (Å²) >= 11 is 1.46. The molecule has 0 bridgehead atoms. The van der Waals surface area contributed by atoms with Gasteiger partial charge in [-0.1, -0.05) is 66.7 Å². The molecule has 30 heavy (non-hydrogen) atoms. The van der Waals surface area contributed by atoms with Crippen LogP contribution < -0.4 is 9.64 Å². The van der Waals surface area contributed by atoms with Gasteiger partial charge in [0.25, 0.3) is 5.91 Å². The van der Waals surface area contributed by atoms with E-state index < -0.39 is 0 Å². The Morgan fingerprint density at radius 1 is 0.867 bits per heavy atom. The number of carbonyl (C=O) groups is 1. The average Bonchev–Trinajstić information content (AvgIpc) is 3.27. The predicted molar refractivity (Wildman–Crippen MR) is 123 cm³/mol. The summed E-state index contributed by atoms with van der Waals surface area (Å²) in [6, 6.07) is 29.7. The molecule has 0 N–H and O–H groups in total. The number of benzene rings is 3. The fourth-order valence-corrected chi connectivity index (χ4v) is 4.08. The minimum absolute atomic E-state index is 0.00260. The van der Waals surface area contributed by atoms with Gasteiger partial charge in [0.15, 0.2) is 0 Å². The van der Waals surface area contributed by atoms with Gasteiger partial charge in [0.2, 0.25) is 0 Å². The molecule has 3 nitrogen and oxygen atoms in total. The second-order valence-corrected chi connectivity index (χ2v) is 8.00. The van der Waals surface area contributed by atoms with Gasteiger partial charge in [0.1, 0.15) is 12.4 Å². The minimum Gasteiger partial charge on any atom is -0.489 e. The Bertz CT molecular complexity index is 1110. The maximum Gasteiger partial charge on any atom is 0.268 e. The summed E-state index contributed by atoms with van der Waals surface area (Å²) in [5.74, 6) is 0.865. The molecule has 0 spiro atoms. The number of hydrogen-bond donors (Lipinski definition) is 0. The summed E-state index contributed by atoms with van der Waals surface area (Å²) in [7, 11) is 0. The van der Waals surface area contributed by atoms with Gasteiger partial charge in [0, 0.05) is 11.3 Å². The van der Waals surface area contributed by atoms with Crippen molar-refractivity contribution >= 4 is 22.9 Å². The maximum atomic E-state index is 13.4. The van der Waals surface area contributed by atoms with Crippen LogP contribution in [0.25, 0.3) is 0 Å². The maximum absolute atomic E-state index is 13.4. The molecule has 0 saturated carbocycles. The second-order valence-electron chi connectivity index (χ2n) is 7.09. The SMILES string of the molecule is Cc1ccccc1OCc1csc(C(=O)N(Cc2ccccc2)c2ccccc2)c1. The molecule has 4 aromatic rings. The third kappa shape index (κ3) is 4.78. The smallest absolute Gasteiger partial charge is 0.268 e. The lowest BCUT2D eigenvalue weighted by Gasteiger charge is -2.22. The third-order valence-electron chi connectivity index (χ3n) is 4.85. The molecule has 1 amide bonds. The lowest BCUT2D eigenvalue weighted by Crippen LogP contribution is -2.29. The van der Waals surface area contributed by atoms with Crippen LogP contribution in [0.5, 0.6) is 5.75 Å². The molecule has 1 aromatic heterocycles. The molecule has 4 rings (SSSR count). The van der Waals surface area contributed by atoms with Crippen LogP contribution in [0.1, 0.15) is 26.4 Å². The number of thiophene rings is 1. The van der Waals surface area contributed by atoms with Gasteiger partial charge in [-0.2, -0.15) is 0 Å². The number of amides is 1. The number of ether oxygens (including phenoxy) is 1. The van der Waals surface area contributed by atoms with Gasteiger partial charge in [-0.05, 0) is 47.7 Å². The number of para-hydroxylation sites is 2. The molecular weight excluding hydrogens is 390 g/mol. The zero-order valence-corrected chi connectivity index (χ0v) is 17.6. The Labute approximate surface area is 181 Å². The van der Waals surface area contributed by atoms with Crippen molar-refractivity contribution in [1.29, 1.82) is 0 Å². The average molecular weight is 414 g/mol. The van der Waals surface area contributed by atoms with Crippen LogP contribution in [0.15, 0.2) is 96.4 Å². The van der Waals surface area contributed by atoms with Crippen LogP contribution in [-0.4, -0.2) is 5.91 Å². The van der Waals surface area contributed by atoms with Crippen molar-refractivity contribution in [3.05, 3.63) is 118 Å². The van der Waals surface area contributed by atoms with Crippen molar-refractivity contribution < 1.29 is 9.53 Å². The number of aryl methyl sites for hydroxylation is 1. The first kappa shape index (κ1) is 19.9. The molecule has 0 atom stereocenters. The number of hydrogen-bond acceptors (Lipinski definition) is 3. The molecular formula is C26H23NO2S. The van der Waals surface area contributed by atoms with Crippen molar-refractivity contribution in [2.24, 2.45) is 0 Å². The fraction of sp³-hybridized carbons (Fsp3) is 0.115. The van der Waals surface area contributed by atoms with Gasteiger partial charge in [-0.3, -0.25) is 4.79 Å². The van der Waals surface area contributed by atoms with Crippen molar-refractivity contribution in [2.75, 3.05) is 4.90 Å². The lowest BCUT2D eigenvalue weighted by molar-refractivity contribution is 0.0989. The zero-order valence-electron chi connectivity index (χ0n) is 16.8. The van der Waals surface area contributed by atoms with Gasteiger partial charge >= 0.3 is 0 Å². The first-order chi connectivity index (χ1) is 14.7. The molecule has 4 heteroatoms. The number of carbonyl (C=O) groups excluding carboxylic acids is 1. The molecule has 1 heterocycles. The summed E-state index contributed by atoms with van der Waals surface area (Å²) < 4.78 is 5.94. The van der Waals surface area contributed by atoms with E-state index in [2.05, 4.69) is 0 Å². The molecule has 0 radical (unpaired) electrons. The largest absolute Gasteiger partial charge is 0.489 e. The molecule has 0 aliphatic heterocycles. The van der Waals surface area contributed by atoms with Crippen molar-refractivity contribution in [1.82, 2.24) is 0 Å². The Kier molecular flexibility index (Phi) is 6.26. The van der Waals surface area contributed by atoms with E-state index in [1.54, 1.807) is 0 Å². The van der Waals surface area contributed by atoms with Crippen molar-refractivity contribution in [3.8, 4) is 5.75 Å². The molecule has 0 saturated heterocycles. The number of nitrogens with zero attached hydrogens (tertiary/aromatic N) is 1. The van der Waals surface area contributed by atoms with E-state index in [4.69, 9.17) is 4.74 Å². The first-order valence-electron chi connectivity index (χ1n) is 9.87. The van der Waals surface area contributed by atoms with Gasteiger partial charge < -0.3 is 9.64 Å². The Balaban J connectivity index is 1.52. The predicted octanol–water partition coefficient (Wildman–Crippen LogP) is 6.48. The van der Waals surface area contributed by atoms with E-state index in [1.165, 1.54) is 11.3 Å². The summed E-state index contributed by atoms with van der Waals surface area (Å²) in [6.07, 6.45) is 0. The molecule has 3 aromatic carbocycles. The highest BCUT2D eigenvalue weighted by Crippen LogP contribution is 2.25. The molecule has 150 valence electrons. The highest BCUT2D eigenvalue weighted by atomic mass is 32.1. The summed E-state index contributed by atoms with van der Waals surface area (Å²) in [4.78, 5) is 15.9. The van der Waals surface area contributed by atoms with E-state index in [9.17, 15) is 4.79 Å². The molecule has 0 aliphatic carbocycles. The van der Waals surface area contributed by atoms with E-state index in [-0.39, 0.29) is 5.91 Å². The van der Waals surface area contributed by atoms with Crippen LogP contribution in [-0.2, 0) is 13.2 Å². The van der Waals surface area contributed by atoms with Crippen LogP contribution in [0.4, 0.5) is 5.69 Å². The topological polar surface area (TPSA) is 29.5 Å². The Hall–Kier alpha value is -3.37. The second kappa shape index (κ2) is 9.42. The summed E-state index contributed by atoms with van der Waals surface area (Å²) in [5, 5.41) is 2.00. The van der Waals surface area contributed by atoms with Crippen molar-refractivity contribution in [3.63, 3.8) is 0 Å². The lowest BCUT2D eigenvalue weighted by atomic mass is 10.2. The van der Waals surface area contributed by atoms with Crippen LogP contribution >= 0.6 is 11.3 Å². The number of anilines is 1. The quantitative estimate of drug-likeness (QED) is 0.347. The summed E-state index contributed by atoms with van der Waals surface area (Å²) in [6.45, 7) is 2.99. The van der Waals surface area contributed by atoms with E-state index in [1.807, 2.05) is 108 Å². The van der Waals surface area contributed by atoms with E-state index in [0.717, 1.165) is 28.1 Å². The fourth-order valence-electron chi connectivity index (χ4n) is 3.23. The number of rotatable bonds is 7. The highest BCUT2D eigenvalue weighted by Gasteiger charge is 2.20. The van der Waals surface area contributed by atoms with Gasteiger partial charge in [0.05, 0.1) is 11.4 Å². The monoisotopic (exact) mass is 413 g/mol.